The van der Waals surface area contributed by atoms with Crippen LogP contribution < -0.4 is 4.72 Å². The van der Waals surface area contributed by atoms with Crippen LogP contribution >= 0.6 is 0 Å². The minimum Gasteiger partial charge on any atom is -0.460 e. The second kappa shape index (κ2) is 28.8. The number of carbonyl (C=O) groups is 6. The molecule has 0 radical (unpaired) electrons. The van der Waals surface area contributed by atoms with Crippen molar-refractivity contribution in [2.24, 2.45) is 41.4 Å². The number of hydrogen-bond acceptors (Lipinski definition) is 18. The number of amides is 2. The Hall–Kier alpha value is -4.23. The predicted octanol–water partition coefficient (Wildman–Crippen LogP) is 3.67. The number of aliphatic hydroxyl groups is 4. The van der Waals surface area contributed by atoms with Gasteiger partial charge in [0.2, 0.25) is 5.79 Å². The number of aliphatic hydroxyl groups excluding tert-OH is 3. The highest BCUT2D eigenvalue weighted by Crippen LogP contribution is 2.46. The molecule has 5 rings (SSSR count). The van der Waals surface area contributed by atoms with Crippen LogP contribution in [0.1, 0.15) is 112 Å². The molecule has 5 aliphatic rings. The summed E-state index contributed by atoms with van der Waals surface area (Å²) in [7, 11) is -0.181. The summed E-state index contributed by atoms with van der Waals surface area (Å²) >= 11 is 0. The number of nitrogens with one attached hydrogen (secondary N) is 1. The number of allylic oxidation sites excluding steroid dienone is 6. The van der Waals surface area contributed by atoms with Gasteiger partial charge in [0, 0.05) is 77.5 Å². The fraction of sp³-hybridized carbons (Fsp3) is 0.745. The Bertz CT molecular complexity index is 2300. The normalized spacial score (nSPS) is 37.4. The van der Waals surface area contributed by atoms with Crippen molar-refractivity contribution in [3.8, 4) is 0 Å². The number of rotatable bonds is 12. The van der Waals surface area contributed by atoms with E-state index in [1.165, 1.54) is 19.1 Å². The van der Waals surface area contributed by atoms with E-state index in [-0.39, 0.29) is 68.7 Å². The molecule has 1 aliphatic carbocycles. The molecule has 21 nitrogen and oxygen atoms in total. The molecule has 22 heteroatoms. The van der Waals surface area contributed by atoms with Crippen LogP contribution in [-0.4, -0.2) is 182 Å². The lowest BCUT2D eigenvalue weighted by molar-refractivity contribution is -0.266. The summed E-state index contributed by atoms with van der Waals surface area (Å²) in [6.45, 7) is 8.66. The molecular weight excluding hydrogens is 1020 g/mol. The van der Waals surface area contributed by atoms with E-state index in [0.717, 1.165) is 5.57 Å². The molecule has 4 aliphatic heterocycles. The number of carbonyl (C=O) groups excluding carboxylic acids is 6. The van der Waals surface area contributed by atoms with Gasteiger partial charge < -0.3 is 53.7 Å². The van der Waals surface area contributed by atoms with E-state index in [1.807, 2.05) is 48.9 Å². The lowest BCUT2D eigenvalue weighted by Crippen LogP contribution is -2.65. The molecule has 0 aromatic heterocycles. The quantitative estimate of drug-likeness (QED) is 0.106. The molecule has 16 atom stereocenters. The molecule has 5 N–H and O–H groups in total. The van der Waals surface area contributed by atoms with E-state index in [4.69, 9.17) is 28.4 Å². The highest BCUT2D eigenvalue weighted by molar-refractivity contribution is 7.87. The summed E-state index contributed by atoms with van der Waals surface area (Å²) in [6.07, 6.45) is 6.66. The zero-order valence-corrected chi connectivity index (χ0v) is 47.1. The molecule has 434 valence electrons. The third-order valence-corrected chi connectivity index (χ3v) is 17.9. The SMILES string of the molecule is CO[C@H]1C[C@@H]2CC[C@@H](C)[C@@](O)(O2)C(=O)C(=O)N2CCCC3[C@H]2C(=O)O[C@@H](CC(=O)[C@H](C)/C=C(\C)[C@@H](O)[C@@H](OC)C(=O)[C@H](C)C[C@H](C)/C=C/C=C/C=C1C)[C@H]3C[C@@H]1CC[C@@H](OC(=O)NS(=O)(=O)N(CCO)CCO)[C@H](OC)C1. The number of hydrogen-bond donors (Lipinski definition) is 5. The first-order valence-electron chi connectivity index (χ1n) is 27.1. The lowest BCUT2D eigenvalue weighted by atomic mass is 9.68. The molecular formula is C55H85N3O18S. The van der Waals surface area contributed by atoms with Crippen molar-refractivity contribution in [3.05, 3.63) is 47.6 Å². The van der Waals surface area contributed by atoms with Crippen LogP contribution in [-0.2, 0) is 62.6 Å². The molecule has 0 aromatic carbocycles. The second-order valence-corrected chi connectivity index (χ2v) is 23.5. The Balaban J connectivity index is 1.48. The summed E-state index contributed by atoms with van der Waals surface area (Å²) in [4.78, 5) is 85.9. The van der Waals surface area contributed by atoms with E-state index >= 15 is 0 Å². The highest BCUT2D eigenvalue weighted by Gasteiger charge is 2.57. The molecule has 3 saturated heterocycles. The predicted molar refractivity (Wildman–Crippen MR) is 280 cm³/mol. The molecule has 4 fully saturated rings. The Labute approximate surface area is 453 Å². The van der Waals surface area contributed by atoms with Crippen molar-refractivity contribution in [1.29, 1.82) is 0 Å². The van der Waals surface area contributed by atoms with Gasteiger partial charge in [0.05, 0.1) is 31.5 Å². The number of nitrogens with zero attached hydrogens (tertiary/aromatic N) is 2. The van der Waals surface area contributed by atoms with Crippen LogP contribution in [0.2, 0.25) is 0 Å². The fourth-order valence-electron chi connectivity index (χ4n) is 11.9. The van der Waals surface area contributed by atoms with Gasteiger partial charge in [-0.2, -0.15) is 12.7 Å². The molecule has 2 amide bonds. The Morgan fingerprint density at radius 2 is 1.57 bits per heavy atom. The van der Waals surface area contributed by atoms with E-state index < -0.39 is 131 Å². The largest absolute Gasteiger partial charge is 0.460 e. The first-order chi connectivity index (χ1) is 36.4. The van der Waals surface area contributed by atoms with Gasteiger partial charge in [0.25, 0.3) is 11.7 Å². The maximum atomic E-state index is 14.6. The third kappa shape index (κ3) is 16.0. The second-order valence-electron chi connectivity index (χ2n) is 21.8. The van der Waals surface area contributed by atoms with Gasteiger partial charge in [0.15, 0.2) is 5.78 Å². The number of fused-ring (bicyclic) bond motifs is 3. The third-order valence-electron chi connectivity index (χ3n) is 16.4. The molecule has 77 heavy (non-hydrogen) atoms. The van der Waals surface area contributed by atoms with Crippen LogP contribution in [0.15, 0.2) is 47.6 Å². The Morgan fingerprint density at radius 3 is 2.22 bits per heavy atom. The average Bonchev–Trinajstić information content (AvgIpc) is 3.40. The number of esters is 1. The number of methoxy groups -OCH3 is 3. The minimum atomic E-state index is -4.49. The summed E-state index contributed by atoms with van der Waals surface area (Å²) in [5.41, 5.74) is 1.17. The van der Waals surface area contributed by atoms with Crippen molar-refractivity contribution >= 4 is 45.5 Å². The average molecular weight is 1110 g/mol. The maximum absolute atomic E-state index is 14.6. The number of Topliss-reactive ketones (excluding diaryl/α,β-unsaturated/α-hetero) is 3. The van der Waals surface area contributed by atoms with E-state index in [0.29, 0.717) is 54.8 Å². The molecule has 1 saturated carbocycles. The Kier molecular flexibility index (Phi) is 23.8. The zero-order valence-electron chi connectivity index (χ0n) is 46.2. The first-order valence-corrected chi connectivity index (χ1v) is 28.6. The standard InChI is InChI=1S/C55H85N3O18S/c1-32-14-11-10-12-15-33(2)44(71-7)30-39-19-17-37(6)55(68,76-39)51(64)52(65)58-21-13-16-40-41(28-38-18-20-43(46(29-38)72-8)75-54(67)56-77(69,70)57(22-24-59)23-25-60)45(74-53(66)47(40)58)31-42(61)34(3)27-36(5)49(63)50(73-9)48(62)35(4)26-32/h10-12,14-15,27,32,34-35,37-41,43-47,49-50,59-60,63,68H,13,16-26,28-31H2,1-9H3,(H,56,67)/b12-10+,14-11+,33-15?,36-27+/t32-,34-,35-,37-,38+,39+,40?,41+,43-,44+,45+,46-,47+,49-,50+,55-/m1/s1. The summed E-state index contributed by atoms with van der Waals surface area (Å²) in [5, 5.41) is 42.3. The summed E-state index contributed by atoms with van der Waals surface area (Å²) < 4.78 is 63.5. The van der Waals surface area contributed by atoms with Crippen molar-refractivity contribution in [1.82, 2.24) is 13.9 Å². The molecule has 0 spiro atoms. The minimum absolute atomic E-state index is 0.000670. The van der Waals surface area contributed by atoms with Gasteiger partial charge in [-0.3, -0.25) is 19.2 Å². The van der Waals surface area contributed by atoms with Crippen molar-refractivity contribution in [2.75, 3.05) is 54.2 Å². The van der Waals surface area contributed by atoms with Gasteiger partial charge in [0.1, 0.15) is 36.2 Å². The highest BCUT2D eigenvalue weighted by atomic mass is 32.2. The van der Waals surface area contributed by atoms with Gasteiger partial charge in [-0.1, -0.05) is 64.2 Å². The van der Waals surface area contributed by atoms with Crippen LogP contribution in [0.25, 0.3) is 0 Å². The van der Waals surface area contributed by atoms with Gasteiger partial charge in [-0.25, -0.2) is 14.3 Å². The van der Waals surface area contributed by atoms with Crippen LogP contribution in [0.5, 0.6) is 0 Å². The topological polar surface area (TPSA) is 291 Å². The number of piperidine rings is 1. The van der Waals surface area contributed by atoms with Gasteiger partial charge in [-0.05, 0) is 101 Å². The fourth-order valence-corrected chi connectivity index (χ4v) is 13.0. The molecule has 1 unspecified atom stereocenters. The van der Waals surface area contributed by atoms with Crippen molar-refractivity contribution in [3.63, 3.8) is 0 Å². The summed E-state index contributed by atoms with van der Waals surface area (Å²) in [5.74, 6) is -9.80. The van der Waals surface area contributed by atoms with E-state index in [9.17, 15) is 57.6 Å². The first kappa shape index (κ1) is 63.6. The molecule has 6 bridgehead atoms. The van der Waals surface area contributed by atoms with Gasteiger partial charge in [-0.15, -0.1) is 0 Å². The van der Waals surface area contributed by atoms with Crippen LogP contribution in [0, 0.1) is 41.4 Å². The van der Waals surface area contributed by atoms with Crippen LogP contribution in [0.3, 0.4) is 0 Å². The lowest BCUT2D eigenvalue weighted by Gasteiger charge is -2.50. The Morgan fingerprint density at radius 1 is 0.870 bits per heavy atom. The zero-order chi connectivity index (χ0) is 56.9. The molecule has 4 heterocycles. The van der Waals surface area contributed by atoms with Crippen molar-refractivity contribution < 1.29 is 86.0 Å². The number of ketones is 3. The van der Waals surface area contributed by atoms with Crippen LogP contribution in [0.4, 0.5) is 4.79 Å². The molecule has 0 aromatic rings. The van der Waals surface area contributed by atoms with E-state index in [1.54, 1.807) is 40.9 Å². The number of ether oxygens (including phenoxy) is 6. The summed E-state index contributed by atoms with van der Waals surface area (Å²) in [6, 6.07) is -1.26. The smallest absolute Gasteiger partial charge is 0.422 e. The monoisotopic (exact) mass is 1110 g/mol. The maximum Gasteiger partial charge on any atom is 0.422 e. The van der Waals surface area contributed by atoms with E-state index in [2.05, 4.69) is 0 Å². The van der Waals surface area contributed by atoms with Crippen molar-refractivity contribution in [2.45, 2.75) is 167 Å². The van der Waals surface area contributed by atoms with Gasteiger partial charge >= 0.3 is 22.3 Å².